The Morgan fingerprint density at radius 1 is 1.29 bits per heavy atom. The number of sulfonamides is 1. The van der Waals surface area contributed by atoms with E-state index in [1.165, 1.54) is 6.26 Å². The zero-order valence-electron chi connectivity index (χ0n) is 15.5. The van der Waals surface area contributed by atoms with Crippen LogP contribution in [0.15, 0.2) is 4.99 Å². The molecule has 1 rings (SSSR count). The van der Waals surface area contributed by atoms with Crippen molar-refractivity contribution < 1.29 is 13.2 Å². The average Bonchev–Trinajstić information content (AvgIpc) is 2.52. The first-order valence-corrected chi connectivity index (χ1v) is 10.6. The van der Waals surface area contributed by atoms with Crippen LogP contribution in [-0.4, -0.2) is 71.4 Å². The summed E-state index contributed by atoms with van der Waals surface area (Å²) in [6.45, 7) is 8.72. The summed E-state index contributed by atoms with van der Waals surface area (Å²) in [6, 6.07) is 0. The molecule has 0 aliphatic carbocycles. The lowest BCUT2D eigenvalue weighted by Crippen LogP contribution is -2.44. The van der Waals surface area contributed by atoms with Crippen LogP contribution in [0.25, 0.3) is 0 Å². The maximum Gasteiger partial charge on any atom is 0.211 e. The first-order chi connectivity index (χ1) is 11.3. The van der Waals surface area contributed by atoms with Crippen molar-refractivity contribution in [2.75, 3.05) is 52.7 Å². The number of aliphatic imine (C=N–C) groups is 1. The Morgan fingerprint density at radius 2 is 1.96 bits per heavy atom. The van der Waals surface area contributed by atoms with Crippen molar-refractivity contribution in [1.82, 2.24) is 14.9 Å². The average molecular weight is 363 g/mol. The molecule has 1 saturated heterocycles. The smallest absolute Gasteiger partial charge is 0.211 e. The van der Waals surface area contributed by atoms with E-state index in [0.717, 1.165) is 51.5 Å². The molecule has 24 heavy (non-hydrogen) atoms. The second kappa shape index (κ2) is 10.9. The van der Waals surface area contributed by atoms with Crippen molar-refractivity contribution >= 4 is 16.0 Å². The molecule has 0 saturated carbocycles. The van der Waals surface area contributed by atoms with Crippen molar-refractivity contribution in [3.63, 3.8) is 0 Å². The number of guanidine groups is 1. The van der Waals surface area contributed by atoms with Crippen LogP contribution in [-0.2, 0) is 14.8 Å². The predicted molar refractivity (Wildman–Crippen MR) is 98.8 cm³/mol. The van der Waals surface area contributed by atoms with Crippen LogP contribution in [0.1, 0.15) is 33.1 Å². The van der Waals surface area contributed by atoms with E-state index in [4.69, 9.17) is 4.74 Å². The number of hydrogen-bond acceptors (Lipinski definition) is 4. The quantitative estimate of drug-likeness (QED) is 0.361. The van der Waals surface area contributed by atoms with Crippen LogP contribution in [0.5, 0.6) is 0 Å². The van der Waals surface area contributed by atoms with Gasteiger partial charge in [-0.15, -0.1) is 0 Å². The topological polar surface area (TPSA) is 83.0 Å². The van der Waals surface area contributed by atoms with Crippen molar-refractivity contribution in [3.8, 4) is 0 Å². The highest BCUT2D eigenvalue weighted by Crippen LogP contribution is 2.18. The fourth-order valence-corrected chi connectivity index (χ4v) is 3.48. The molecular weight excluding hydrogens is 328 g/mol. The summed E-state index contributed by atoms with van der Waals surface area (Å²) in [5.74, 6) is 1.85. The van der Waals surface area contributed by atoms with Crippen molar-refractivity contribution in [3.05, 3.63) is 0 Å². The van der Waals surface area contributed by atoms with Gasteiger partial charge in [0.25, 0.3) is 0 Å². The first kappa shape index (κ1) is 21.2. The molecule has 142 valence electrons. The monoisotopic (exact) mass is 362 g/mol. The summed E-state index contributed by atoms with van der Waals surface area (Å²) < 4.78 is 30.1. The Morgan fingerprint density at radius 3 is 2.50 bits per heavy atom. The van der Waals surface area contributed by atoms with Crippen LogP contribution in [0, 0.1) is 11.8 Å². The first-order valence-electron chi connectivity index (χ1n) is 8.80. The summed E-state index contributed by atoms with van der Waals surface area (Å²) in [6.07, 6.45) is 4.00. The van der Waals surface area contributed by atoms with E-state index in [1.807, 2.05) is 0 Å². The molecule has 0 atom stereocenters. The Hall–Kier alpha value is -0.860. The highest BCUT2D eigenvalue weighted by Gasteiger charge is 2.24. The van der Waals surface area contributed by atoms with Gasteiger partial charge in [0.15, 0.2) is 5.96 Å². The molecule has 0 amide bonds. The van der Waals surface area contributed by atoms with E-state index in [-0.39, 0.29) is 0 Å². The molecule has 1 aliphatic rings. The van der Waals surface area contributed by atoms with Gasteiger partial charge in [0.05, 0.1) is 6.26 Å². The maximum absolute atomic E-state index is 11.5. The van der Waals surface area contributed by atoms with Crippen LogP contribution < -0.4 is 10.6 Å². The third-order valence-electron chi connectivity index (χ3n) is 4.03. The summed E-state index contributed by atoms with van der Waals surface area (Å²) in [5, 5.41) is 6.61. The fourth-order valence-electron chi connectivity index (χ4n) is 2.61. The molecule has 0 bridgehead atoms. The van der Waals surface area contributed by atoms with Gasteiger partial charge >= 0.3 is 0 Å². The molecule has 1 aliphatic heterocycles. The molecule has 1 heterocycles. The largest absolute Gasteiger partial charge is 0.381 e. The highest BCUT2D eigenvalue weighted by atomic mass is 32.2. The SMILES string of the molecule is CN=C(NCCCOCC(C)C)NCC1CCN(S(C)(=O)=O)CC1. The third kappa shape index (κ3) is 8.84. The van der Waals surface area contributed by atoms with Gasteiger partial charge in [0.1, 0.15) is 0 Å². The minimum atomic E-state index is -3.05. The number of rotatable bonds is 9. The van der Waals surface area contributed by atoms with E-state index in [9.17, 15) is 8.42 Å². The molecule has 0 unspecified atom stereocenters. The van der Waals surface area contributed by atoms with Crippen LogP contribution in [0.3, 0.4) is 0 Å². The number of piperidine rings is 1. The van der Waals surface area contributed by atoms with Gasteiger partial charge in [-0.25, -0.2) is 12.7 Å². The minimum Gasteiger partial charge on any atom is -0.381 e. The molecule has 0 spiro atoms. The molecule has 1 fully saturated rings. The Balaban J connectivity index is 2.14. The molecule has 2 N–H and O–H groups in total. The highest BCUT2D eigenvalue weighted by molar-refractivity contribution is 7.88. The standard InChI is InChI=1S/C16H34N4O3S/c1-14(2)13-23-11-5-8-18-16(17-3)19-12-15-6-9-20(10-7-15)24(4,21)22/h14-15H,5-13H2,1-4H3,(H2,17,18,19). The minimum absolute atomic E-state index is 0.482. The molecule has 0 aromatic heterocycles. The molecule has 8 heteroatoms. The van der Waals surface area contributed by atoms with E-state index in [0.29, 0.717) is 24.9 Å². The number of hydrogen-bond donors (Lipinski definition) is 2. The summed E-state index contributed by atoms with van der Waals surface area (Å²) in [4.78, 5) is 4.22. The third-order valence-corrected chi connectivity index (χ3v) is 5.34. The maximum atomic E-state index is 11.5. The van der Waals surface area contributed by atoms with E-state index in [1.54, 1.807) is 11.4 Å². The van der Waals surface area contributed by atoms with Crippen LogP contribution in [0.4, 0.5) is 0 Å². The molecule has 7 nitrogen and oxygen atoms in total. The fraction of sp³-hybridized carbons (Fsp3) is 0.938. The van der Waals surface area contributed by atoms with E-state index >= 15 is 0 Å². The van der Waals surface area contributed by atoms with Crippen molar-refractivity contribution in [2.24, 2.45) is 16.8 Å². The second-order valence-corrected chi connectivity index (χ2v) is 8.79. The van der Waals surface area contributed by atoms with E-state index in [2.05, 4.69) is 29.5 Å². The zero-order chi connectivity index (χ0) is 18.0. The Bertz CT molecular complexity index is 472. The molecular formula is C16H34N4O3S. The van der Waals surface area contributed by atoms with Gasteiger partial charge in [-0.05, 0) is 31.1 Å². The molecule has 0 aromatic rings. The van der Waals surface area contributed by atoms with Gasteiger partial charge in [0, 0.05) is 46.4 Å². The zero-order valence-corrected chi connectivity index (χ0v) is 16.4. The second-order valence-electron chi connectivity index (χ2n) is 6.81. The summed E-state index contributed by atoms with van der Waals surface area (Å²) >= 11 is 0. The lowest BCUT2D eigenvalue weighted by molar-refractivity contribution is 0.108. The van der Waals surface area contributed by atoms with Gasteiger partial charge in [-0.3, -0.25) is 4.99 Å². The van der Waals surface area contributed by atoms with Gasteiger partial charge in [-0.1, -0.05) is 13.8 Å². The van der Waals surface area contributed by atoms with Crippen LogP contribution >= 0.6 is 0 Å². The van der Waals surface area contributed by atoms with Crippen molar-refractivity contribution in [2.45, 2.75) is 33.1 Å². The molecule has 0 radical (unpaired) electrons. The van der Waals surface area contributed by atoms with Gasteiger partial charge in [0.2, 0.25) is 10.0 Å². The van der Waals surface area contributed by atoms with Crippen LogP contribution in [0.2, 0.25) is 0 Å². The summed E-state index contributed by atoms with van der Waals surface area (Å²) in [7, 11) is -1.28. The normalized spacial score (nSPS) is 18.1. The lowest BCUT2D eigenvalue weighted by Gasteiger charge is -2.30. The Labute approximate surface area is 147 Å². The van der Waals surface area contributed by atoms with Gasteiger partial charge < -0.3 is 15.4 Å². The summed E-state index contributed by atoms with van der Waals surface area (Å²) in [5.41, 5.74) is 0. The van der Waals surface area contributed by atoms with Crippen molar-refractivity contribution in [1.29, 1.82) is 0 Å². The van der Waals surface area contributed by atoms with Gasteiger partial charge in [-0.2, -0.15) is 0 Å². The molecule has 0 aromatic carbocycles. The predicted octanol–water partition coefficient (Wildman–Crippen LogP) is 0.886. The van der Waals surface area contributed by atoms with E-state index < -0.39 is 10.0 Å². The Kier molecular flexibility index (Phi) is 9.61. The number of ether oxygens (including phenoxy) is 1. The lowest BCUT2D eigenvalue weighted by atomic mass is 9.98. The number of nitrogens with one attached hydrogen (secondary N) is 2. The number of nitrogens with zero attached hydrogens (tertiary/aromatic N) is 2.